The standard InChI is InChI=1S/C16H22N2O4/c19-14-8-12(9-18(14)10-13-4-3-7-22-13)15(20)17-11-16(21)5-1-2-6-16/h3-4,7,12,21H,1-2,5-6,8-11H2,(H,17,20). The summed E-state index contributed by atoms with van der Waals surface area (Å²) in [4.78, 5) is 25.9. The fourth-order valence-electron chi connectivity index (χ4n) is 3.30. The Hall–Kier alpha value is -1.82. The number of rotatable bonds is 5. The van der Waals surface area contributed by atoms with Crippen LogP contribution < -0.4 is 5.32 Å². The molecule has 0 spiro atoms. The molecule has 0 radical (unpaired) electrons. The molecule has 2 heterocycles. The molecule has 1 unspecified atom stereocenters. The van der Waals surface area contributed by atoms with Crippen molar-refractivity contribution in [2.24, 2.45) is 5.92 Å². The van der Waals surface area contributed by atoms with Crippen LogP contribution in [-0.4, -0.2) is 40.5 Å². The van der Waals surface area contributed by atoms with E-state index >= 15 is 0 Å². The molecule has 3 rings (SSSR count). The van der Waals surface area contributed by atoms with Gasteiger partial charge in [-0.3, -0.25) is 9.59 Å². The van der Waals surface area contributed by atoms with Gasteiger partial charge in [-0.15, -0.1) is 0 Å². The first-order chi connectivity index (χ1) is 10.6. The Bertz CT molecular complexity index is 534. The van der Waals surface area contributed by atoms with E-state index in [-0.39, 0.29) is 30.7 Å². The first kappa shape index (κ1) is 15.1. The van der Waals surface area contributed by atoms with Crippen LogP contribution in [0, 0.1) is 5.92 Å². The molecule has 0 aromatic carbocycles. The van der Waals surface area contributed by atoms with Crippen LogP contribution in [0.2, 0.25) is 0 Å². The highest BCUT2D eigenvalue weighted by atomic mass is 16.3. The molecule has 22 heavy (non-hydrogen) atoms. The van der Waals surface area contributed by atoms with E-state index in [2.05, 4.69) is 5.32 Å². The van der Waals surface area contributed by atoms with E-state index in [4.69, 9.17) is 4.42 Å². The first-order valence-corrected chi connectivity index (χ1v) is 7.86. The topological polar surface area (TPSA) is 82.8 Å². The highest BCUT2D eigenvalue weighted by Crippen LogP contribution is 2.29. The zero-order chi connectivity index (χ0) is 15.6. The maximum absolute atomic E-state index is 12.2. The fourth-order valence-corrected chi connectivity index (χ4v) is 3.30. The lowest BCUT2D eigenvalue weighted by Gasteiger charge is -2.23. The number of carbonyl (C=O) groups is 2. The van der Waals surface area contributed by atoms with Crippen molar-refractivity contribution in [1.82, 2.24) is 10.2 Å². The van der Waals surface area contributed by atoms with Crippen molar-refractivity contribution in [3.8, 4) is 0 Å². The number of furan rings is 1. The van der Waals surface area contributed by atoms with Gasteiger partial charge in [0.2, 0.25) is 11.8 Å². The summed E-state index contributed by atoms with van der Waals surface area (Å²) in [5, 5.41) is 13.1. The predicted octanol–water partition coefficient (Wildman–Crippen LogP) is 1.05. The molecule has 2 fully saturated rings. The van der Waals surface area contributed by atoms with Crippen molar-refractivity contribution in [2.45, 2.75) is 44.2 Å². The SMILES string of the molecule is O=C(NCC1(O)CCCC1)C1CC(=O)N(Cc2ccco2)C1. The molecule has 1 aromatic rings. The van der Waals surface area contributed by atoms with Gasteiger partial charge in [0.05, 0.1) is 24.3 Å². The van der Waals surface area contributed by atoms with Crippen LogP contribution in [0.15, 0.2) is 22.8 Å². The van der Waals surface area contributed by atoms with Crippen LogP contribution in [-0.2, 0) is 16.1 Å². The molecule has 2 N–H and O–H groups in total. The Kier molecular flexibility index (Phi) is 4.20. The number of aliphatic hydroxyl groups is 1. The molecule has 1 aliphatic heterocycles. The number of nitrogens with zero attached hydrogens (tertiary/aromatic N) is 1. The Balaban J connectivity index is 1.50. The largest absolute Gasteiger partial charge is 0.467 e. The lowest BCUT2D eigenvalue weighted by Crippen LogP contribution is -2.43. The molecule has 1 atom stereocenters. The molecule has 2 aliphatic rings. The monoisotopic (exact) mass is 306 g/mol. The fraction of sp³-hybridized carbons (Fsp3) is 0.625. The lowest BCUT2D eigenvalue weighted by molar-refractivity contribution is -0.129. The Morgan fingerprint density at radius 2 is 2.23 bits per heavy atom. The summed E-state index contributed by atoms with van der Waals surface area (Å²) in [6.07, 6.45) is 5.28. The molecule has 1 aromatic heterocycles. The highest BCUT2D eigenvalue weighted by molar-refractivity contribution is 5.89. The van der Waals surface area contributed by atoms with Crippen molar-refractivity contribution in [1.29, 1.82) is 0 Å². The second-order valence-electron chi connectivity index (χ2n) is 6.40. The molecule has 2 amide bonds. The minimum atomic E-state index is -0.758. The second-order valence-corrected chi connectivity index (χ2v) is 6.40. The number of carbonyl (C=O) groups excluding carboxylic acids is 2. The van der Waals surface area contributed by atoms with Crippen molar-refractivity contribution >= 4 is 11.8 Å². The number of nitrogens with one attached hydrogen (secondary N) is 1. The Labute approximate surface area is 129 Å². The maximum Gasteiger partial charge on any atom is 0.225 e. The van der Waals surface area contributed by atoms with Gasteiger partial charge < -0.3 is 19.7 Å². The minimum absolute atomic E-state index is 0.0314. The second kappa shape index (κ2) is 6.12. The molecule has 6 nitrogen and oxygen atoms in total. The lowest BCUT2D eigenvalue weighted by atomic mass is 10.0. The number of hydrogen-bond acceptors (Lipinski definition) is 4. The van der Waals surface area contributed by atoms with Crippen LogP contribution in [0.4, 0.5) is 0 Å². The van der Waals surface area contributed by atoms with Gasteiger partial charge in [0.1, 0.15) is 5.76 Å². The van der Waals surface area contributed by atoms with Crippen LogP contribution in [0.5, 0.6) is 0 Å². The molecular formula is C16H22N2O4. The number of amides is 2. The summed E-state index contributed by atoms with van der Waals surface area (Å²) in [5.41, 5.74) is -0.758. The van der Waals surface area contributed by atoms with Crippen LogP contribution >= 0.6 is 0 Å². The molecule has 1 saturated heterocycles. The molecular weight excluding hydrogens is 284 g/mol. The molecule has 1 aliphatic carbocycles. The van der Waals surface area contributed by atoms with E-state index in [1.165, 1.54) is 0 Å². The Morgan fingerprint density at radius 1 is 1.45 bits per heavy atom. The Morgan fingerprint density at radius 3 is 2.91 bits per heavy atom. The molecule has 6 heteroatoms. The van der Waals surface area contributed by atoms with Crippen molar-refractivity contribution in [2.75, 3.05) is 13.1 Å². The predicted molar refractivity (Wildman–Crippen MR) is 78.7 cm³/mol. The van der Waals surface area contributed by atoms with Gasteiger partial charge in [-0.05, 0) is 25.0 Å². The van der Waals surface area contributed by atoms with Gasteiger partial charge in [-0.2, -0.15) is 0 Å². The summed E-state index contributed by atoms with van der Waals surface area (Å²) in [7, 11) is 0. The summed E-state index contributed by atoms with van der Waals surface area (Å²) in [6.45, 7) is 1.10. The third kappa shape index (κ3) is 3.32. The summed E-state index contributed by atoms with van der Waals surface area (Å²) in [5.74, 6) is 0.203. The zero-order valence-corrected chi connectivity index (χ0v) is 12.6. The average molecular weight is 306 g/mol. The van der Waals surface area contributed by atoms with E-state index in [0.717, 1.165) is 31.4 Å². The van der Waals surface area contributed by atoms with E-state index in [1.807, 2.05) is 6.07 Å². The van der Waals surface area contributed by atoms with Crippen molar-refractivity contribution in [3.05, 3.63) is 24.2 Å². The first-order valence-electron chi connectivity index (χ1n) is 7.86. The molecule has 0 bridgehead atoms. The van der Waals surface area contributed by atoms with Gasteiger partial charge in [-0.25, -0.2) is 0 Å². The minimum Gasteiger partial charge on any atom is -0.467 e. The van der Waals surface area contributed by atoms with E-state index < -0.39 is 5.60 Å². The summed E-state index contributed by atoms with van der Waals surface area (Å²) >= 11 is 0. The zero-order valence-electron chi connectivity index (χ0n) is 12.6. The third-order valence-corrected chi connectivity index (χ3v) is 4.64. The van der Waals surface area contributed by atoms with Gasteiger partial charge >= 0.3 is 0 Å². The van der Waals surface area contributed by atoms with E-state index in [1.54, 1.807) is 17.2 Å². The normalized spacial score (nSPS) is 24.0. The highest BCUT2D eigenvalue weighted by Gasteiger charge is 2.36. The average Bonchev–Trinajstić information content (AvgIpc) is 3.21. The van der Waals surface area contributed by atoms with Crippen LogP contribution in [0.1, 0.15) is 37.9 Å². The van der Waals surface area contributed by atoms with Crippen LogP contribution in [0.25, 0.3) is 0 Å². The van der Waals surface area contributed by atoms with Crippen molar-refractivity contribution < 1.29 is 19.1 Å². The summed E-state index contributed by atoms with van der Waals surface area (Å²) in [6, 6.07) is 3.60. The maximum atomic E-state index is 12.2. The summed E-state index contributed by atoms with van der Waals surface area (Å²) < 4.78 is 5.24. The number of hydrogen-bond donors (Lipinski definition) is 2. The van der Waals surface area contributed by atoms with Gasteiger partial charge in [-0.1, -0.05) is 12.8 Å². The van der Waals surface area contributed by atoms with Gasteiger partial charge in [0.25, 0.3) is 0 Å². The van der Waals surface area contributed by atoms with Crippen molar-refractivity contribution in [3.63, 3.8) is 0 Å². The van der Waals surface area contributed by atoms with Gasteiger partial charge in [0, 0.05) is 19.5 Å². The smallest absolute Gasteiger partial charge is 0.225 e. The molecule has 120 valence electrons. The molecule has 1 saturated carbocycles. The third-order valence-electron chi connectivity index (χ3n) is 4.64. The van der Waals surface area contributed by atoms with E-state index in [9.17, 15) is 14.7 Å². The van der Waals surface area contributed by atoms with E-state index in [0.29, 0.717) is 13.1 Å². The van der Waals surface area contributed by atoms with Crippen LogP contribution in [0.3, 0.4) is 0 Å². The van der Waals surface area contributed by atoms with Gasteiger partial charge in [0.15, 0.2) is 0 Å². The number of likely N-dealkylation sites (tertiary alicyclic amines) is 1. The quantitative estimate of drug-likeness (QED) is 0.852.